The van der Waals surface area contributed by atoms with Crippen LogP contribution < -0.4 is 0 Å². The molecule has 1 aliphatic heterocycles. The summed E-state index contributed by atoms with van der Waals surface area (Å²) in [5.74, 6) is -0.862. The van der Waals surface area contributed by atoms with Crippen molar-refractivity contribution in [1.29, 1.82) is 0 Å². The number of halogens is 1. The third-order valence-electron chi connectivity index (χ3n) is 3.74. The average molecular weight is 384 g/mol. The maximum atomic E-state index is 12.3. The van der Waals surface area contributed by atoms with Gasteiger partial charge in [-0.3, -0.25) is 4.90 Å². The number of hydrogen-bond donors (Lipinski definition) is 1. The van der Waals surface area contributed by atoms with E-state index < -0.39 is 23.7 Å². The number of ether oxygens (including phenoxy) is 1. The Balaban J connectivity index is 2.06. The van der Waals surface area contributed by atoms with Crippen LogP contribution in [0.3, 0.4) is 0 Å². The van der Waals surface area contributed by atoms with Crippen LogP contribution in [0, 0.1) is 5.92 Å². The van der Waals surface area contributed by atoms with Crippen molar-refractivity contribution >= 4 is 28.0 Å². The maximum absolute atomic E-state index is 12.3. The number of carbonyl (C=O) groups is 2. The smallest absolute Gasteiger partial charge is 0.411 e. The summed E-state index contributed by atoms with van der Waals surface area (Å²) in [4.78, 5) is 25.1. The van der Waals surface area contributed by atoms with E-state index in [1.807, 2.05) is 24.3 Å². The number of benzene rings is 1. The predicted octanol–water partition coefficient (Wildman–Crippen LogP) is 3.70. The molecule has 0 radical (unpaired) electrons. The normalized spacial score (nSPS) is 21.3. The monoisotopic (exact) mass is 383 g/mol. The number of carboxylic acids is 1. The first-order valence-corrected chi connectivity index (χ1v) is 8.42. The minimum atomic E-state index is -0.978. The summed E-state index contributed by atoms with van der Waals surface area (Å²) < 4.78 is 6.34. The first kappa shape index (κ1) is 17.8. The Kier molecular flexibility index (Phi) is 5.34. The zero-order valence-electron chi connectivity index (χ0n) is 13.6. The molecule has 1 aliphatic rings. The van der Waals surface area contributed by atoms with Gasteiger partial charge in [-0.15, -0.1) is 0 Å². The maximum Gasteiger partial charge on any atom is 0.411 e. The highest BCUT2D eigenvalue weighted by Gasteiger charge is 2.41. The van der Waals surface area contributed by atoms with Gasteiger partial charge in [0.25, 0.3) is 0 Å². The third-order valence-corrected chi connectivity index (χ3v) is 4.27. The van der Waals surface area contributed by atoms with Gasteiger partial charge in [-0.1, -0.05) is 28.1 Å². The van der Waals surface area contributed by atoms with E-state index in [1.165, 1.54) is 4.90 Å². The standard InChI is InChI=1S/C17H22BrNO4/c1-17(2,3)23-16(22)19-10-12(9-14(19)15(20)21)8-11-4-6-13(18)7-5-11/h4-7,12,14H,8-10H2,1-3H3,(H,20,21). The zero-order chi connectivity index (χ0) is 17.2. The van der Waals surface area contributed by atoms with Crippen molar-refractivity contribution in [3.05, 3.63) is 34.3 Å². The molecular formula is C17H22BrNO4. The second kappa shape index (κ2) is 6.91. The Labute approximate surface area is 144 Å². The molecule has 0 saturated carbocycles. The molecule has 5 nitrogen and oxygen atoms in total. The first-order valence-electron chi connectivity index (χ1n) is 7.62. The topological polar surface area (TPSA) is 66.8 Å². The Morgan fingerprint density at radius 2 is 1.91 bits per heavy atom. The van der Waals surface area contributed by atoms with Gasteiger partial charge in [0.1, 0.15) is 11.6 Å². The van der Waals surface area contributed by atoms with Crippen LogP contribution in [0.2, 0.25) is 0 Å². The van der Waals surface area contributed by atoms with E-state index >= 15 is 0 Å². The van der Waals surface area contributed by atoms with Crippen LogP contribution >= 0.6 is 15.9 Å². The van der Waals surface area contributed by atoms with Gasteiger partial charge in [0.15, 0.2) is 0 Å². The Morgan fingerprint density at radius 1 is 1.30 bits per heavy atom. The molecule has 1 amide bonds. The summed E-state index contributed by atoms with van der Waals surface area (Å²) in [7, 11) is 0. The summed E-state index contributed by atoms with van der Waals surface area (Å²) in [5.41, 5.74) is 0.498. The average Bonchev–Trinajstić information content (AvgIpc) is 2.84. The number of amides is 1. The van der Waals surface area contributed by atoms with Crippen LogP contribution in [-0.4, -0.2) is 40.3 Å². The summed E-state index contributed by atoms with van der Waals surface area (Å²) in [6, 6.07) is 7.13. The van der Waals surface area contributed by atoms with E-state index in [-0.39, 0.29) is 5.92 Å². The summed E-state index contributed by atoms with van der Waals surface area (Å²) in [6.45, 7) is 5.73. The van der Waals surface area contributed by atoms with E-state index in [0.717, 1.165) is 16.5 Å². The number of carbonyl (C=O) groups excluding carboxylic acids is 1. The van der Waals surface area contributed by atoms with Gasteiger partial charge in [-0.2, -0.15) is 0 Å². The zero-order valence-corrected chi connectivity index (χ0v) is 15.2. The van der Waals surface area contributed by atoms with Gasteiger partial charge >= 0.3 is 12.1 Å². The molecule has 6 heteroatoms. The molecule has 126 valence electrons. The van der Waals surface area contributed by atoms with Crippen molar-refractivity contribution in [2.75, 3.05) is 6.54 Å². The lowest BCUT2D eigenvalue weighted by atomic mass is 9.97. The quantitative estimate of drug-likeness (QED) is 0.863. The molecule has 1 fully saturated rings. The lowest BCUT2D eigenvalue weighted by molar-refractivity contribution is -0.142. The van der Waals surface area contributed by atoms with Crippen molar-refractivity contribution in [2.24, 2.45) is 5.92 Å². The fourth-order valence-electron chi connectivity index (χ4n) is 2.78. The molecule has 1 aromatic carbocycles. The number of nitrogens with zero attached hydrogens (tertiary/aromatic N) is 1. The molecule has 2 atom stereocenters. The molecule has 0 bridgehead atoms. The minimum absolute atomic E-state index is 0.116. The van der Waals surface area contributed by atoms with Gasteiger partial charge in [0.05, 0.1) is 0 Å². The Hall–Kier alpha value is -1.56. The van der Waals surface area contributed by atoms with E-state index in [4.69, 9.17) is 4.74 Å². The second-order valence-corrected chi connectivity index (χ2v) is 7.83. The lowest BCUT2D eigenvalue weighted by Crippen LogP contribution is -2.43. The van der Waals surface area contributed by atoms with E-state index in [1.54, 1.807) is 20.8 Å². The number of carboxylic acid groups (broad SMARTS) is 1. The van der Waals surface area contributed by atoms with Crippen LogP contribution in [0.1, 0.15) is 32.8 Å². The predicted molar refractivity (Wildman–Crippen MR) is 90.3 cm³/mol. The highest BCUT2D eigenvalue weighted by molar-refractivity contribution is 9.10. The number of likely N-dealkylation sites (tertiary alicyclic amines) is 1. The first-order chi connectivity index (χ1) is 10.7. The molecule has 0 spiro atoms. The van der Waals surface area contributed by atoms with Gasteiger partial charge in [0, 0.05) is 11.0 Å². The molecular weight excluding hydrogens is 362 g/mol. The fraction of sp³-hybridized carbons (Fsp3) is 0.529. The molecule has 1 aromatic rings. The van der Waals surface area contributed by atoms with Crippen LogP contribution in [0.25, 0.3) is 0 Å². The molecule has 2 rings (SSSR count). The summed E-state index contributed by atoms with van der Waals surface area (Å²) >= 11 is 3.40. The van der Waals surface area contributed by atoms with Gasteiger partial charge in [0.2, 0.25) is 0 Å². The van der Waals surface area contributed by atoms with Crippen molar-refractivity contribution in [2.45, 2.75) is 45.3 Å². The highest BCUT2D eigenvalue weighted by Crippen LogP contribution is 2.28. The Bertz CT molecular complexity index is 579. The largest absolute Gasteiger partial charge is 0.480 e. The van der Waals surface area contributed by atoms with Crippen molar-refractivity contribution in [3.8, 4) is 0 Å². The fourth-order valence-corrected chi connectivity index (χ4v) is 3.05. The van der Waals surface area contributed by atoms with Crippen molar-refractivity contribution in [1.82, 2.24) is 4.90 Å². The SMILES string of the molecule is CC(C)(C)OC(=O)N1CC(Cc2ccc(Br)cc2)CC1C(=O)O. The van der Waals surface area contributed by atoms with E-state index in [2.05, 4.69) is 15.9 Å². The summed E-state index contributed by atoms with van der Waals surface area (Å²) in [6.07, 6.45) is 0.643. The molecule has 23 heavy (non-hydrogen) atoms. The van der Waals surface area contributed by atoms with E-state index in [9.17, 15) is 14.7 Å². The van der Waals surface area contributed by atoms with E-state index in [0.29, 0.717) is 13.0 Å². The molecule has 0 aromatic heterocycles. The molecule has 1 N–H and O–H groups in total. The van der Waals surface area contributed by atoms with Crippen LogP contribution in [0.5, 0.6) is 0 Å². The molecule has 1 heterocycles. The lowest BCUT2D eigenvalue weighted by Gasteiger charge is -2.26. The molecule has 0 aliphatic carbocycles. The Morgan fingerprint density at radius 3 is 2.43 bits per heavy atom. The number of hydrogen-bond acceptors (Lipinski definition) is 3. The van der Waals surface area contributed by atoms with Crippen LogP contribution in [-0.2, 0) is 16.0 Å². The minimum Gasteiger partial charge on any atom is -0.480 e. The number of aliphatic carboxylic acids is 1. The molecule has 2 unspecified atom stereocenters. The third kappa shape index (κ3) is 4.96. The summed E-state index contributed by atoms with van der Waals surface area (Å²) in [5, 5.41) is 9.40. The van der Waals surface area contributed by atoms with Gasteiger partial charge < -0.3 is 9.84 Å². The molecule has 1 saturated heterocycles. The van der Waals surface area contributed by atoms with Crippen molar-refractivity contribution < 1.29 is 19.4 Å². The van der Waals surface area contributed by atoms with Crippen molar-refractivity contribution in [3.63, 3.8) is 0 Å². The van der Waals surface area contributed by atoms with Gasteiger partial charge in [-0.05, 0) is 57.2 Å². The van der Waals surface area contributed by atoms with Crippen LogP contribution in [0.4, 0.5) is 4.79 Å². The van der Waals surface area contributed by atoms with Crippen LogP contribution in [0.15, 0.2) is 28.7 Å². The number of rotatable bonds is 3. The highest BCUT2D eigenvalue weighted by atomic mass is 79.9. The van der Waals surface area contributed by atoms with Gasteiger partial charge in [-0.25, -0.2) is 9.59 Å². The second-order valence-electron chi connectivity index (χ2n) is 6.92.